The van der Waals surface area contributed by atoms with Crippen LogP contribution < -0.4 is 0 Å². The van der Waals surface area contributed by atoms with Crippen LogP contribution in [0.3, 0.4) is 0 Å². The minimum Gasteiger partial charge on any atom is -0.478 e. The molecule has 2 aromatic rings. The molecule has 3 rings (SSSR count). The van der Waals surface area contributed by atoms with Crippen molar-refractivity contribution in [2.45, 2.75) is 58.3 Å². The van der Waals surface area contributed by atoms with E-state index in [0.717, 1.165) is 10.5 Å². The average molecular weight is 381 g/mol. The number of rotatable bonds is 4. The summed E-state index contributed by atoms with van der Waals surface area (Å²) >= 11 is 1.68. The SMILES string of the molecule is CC(C=Cc1sccc1-c1ccc2c(c1)C(C)(C)CCC2(C)C)=CC(=O)O. The Morgan fingerprint density at radius 3 is 2.41 bits per heavy atom. The zero-order chi connectivity index (χ0) is 19.8. The van der Waals surface area contributed by atoms with Crippen molar-refractivity contribution in [3.05, 3.63) is 63.4 Å². The summed E-state index contributed by atoms with van der Waals surface area (Å²) < 4.78 is 0. The fourth-order valence-corrected chi connectivity index (χ4v) is 4.70. The lowest BCUT2D eigenvalue weighted by molar-refractivity contribution is -0.131. The van der Waals surface area contributed by atoms with Crippen molar-refractivity contribution in [3.63, 3.8) is 0 Å². The molecular formula is C24H28O2S. The molecule has 1 N–H and O–H groups in total. The van der Waals surface area contributed by atoms with E-state index in [9.17, 15) is 4.79 Å². The van der Waals surface area contributed by atoms with Gasteiger partial charge < -0.3 is 5.11 Å². The lowest BCUT2D eigenvalue weighted by Gasteiger charge is -2.42. The highest BCUT2D eigenvalue weighted by atomic mass is 32.1. The van der Waals surface area contributed by atoms with Gasteiger partial charge in [0.15, 0.2) is 0 Å². The zero-order valence-electron chi connectivity index (χ0n) is 16.8. The molecular weight excluding hydrogens is 352 g/mol. The van der Waals surface area contributed by atoms with Crippen LogP contribution in [0.5, 0.6) is 0 Å². The number of carbonyl (C=O) groups is 1. The molecule has 1 aromatic heterocycles. The predicted octanol–water partition coefficient (Wildman–Crippen LogP) is 6.81. The second kappa shape index (κ2) is 7.12. The zero-order valence-corrected chi connectivity index (χ0v) is 17.6. The van der Waals surface area contributed by atoms with Crippen molar-refractivity contribution < 1.29 is 9.90 Å². The first kappa shape index (κ1) is 19.6. The van der Waals surface area contributed by atoms with E-state index in [2.05, 4.69) is 57.3 Å². The van der Waals surface area contributed by atoms with Gasteiger partial charge in [-0.15, -0.1) is 11.3 Å². The van der Waals surface area contributed by atoms with Crippen LogP contribution in [0.1, 0.15) is 63.5 Å². The molecule has 1 heterocycles. The van der Waals surface area contributed by atoms with Crippen LogP contribution in [0.15, 0.2) is 47.4 Å². The van der Waals surface area contributed by atoms with Gasteiger partial charge in [-0.3, -0.25) is 0 Å². The number of aliphatic carboxylic acids is 1. The molecule has 27 heavy (non-hydrogen) atoms. The Kier molecular flexibility index (Phi) is 5.18. The molecule has 2 nitrogen and oxygen atoms in total. The van der Waals surface area contributed by atoms with E-state index >= 15 is 0 Å². The van der Waals surface area contributed by atoms with Gasteiger partial charge in [0.1, 0.15) is 0 Å². The average Bonchev–Trinajstić information content (AvgIpc) is 3.05. The molecule has 1 aromatic carbocycles. The summed E-state index contributed by atoms with van der Waals surface area (Å²) in [6.45, 7) is 11.2. The summed E-state index contributed by atoms with van der Waals surface area (Å²) in [5, 5.41) is 11.0. The molecule has 3 heteroatoms. The number of carboxylic acids is 1. The molecule has 0 saturated carbocycles. The van der Waals surface area contributed by atoms with E-state index in [1.54, 1.807) is 18.3 Å². The molecule has 0 unspecified atom stereocenters. The third-order valence-electron chi connectivity index (χ3n) is 5.71. The molecule has 0 atom stereocenters. The third-order valence-corrected chi connectivity index (χ3v) is 6.59. The van der Waals surface area contributed by atoms with Gasteiger partial charge in [-0.1, -0.05) is 52.0 Å². The van der Waals surface area contributed by atoms with Gasteiger partial charge in [-0.05, 0) is 75.9 Å². The highest BCUT2D eigenvalue weighted by Crippen LogP contribution is 2.47. The van der Waals surface area contributed by atoms with Crippen LogP contribution in [-0.4, -0.2) is 11.1 Å². The van der Waals surface area contributed by atoms with Gasteiger partial charge >= 0.3 is 5.97 Å². The number of thiophene rings is 1. The van der Waals surface area contributed by atoms with E-state index < -0.39 is 5.97 Å². The number of hydrogen-bond donors (Lipinski definition) is 1. The summed E-state index contributed by atoms with van der Waals surface area (Å²) in [6, 6.07) is 9.08. The van der Waals surface area contributed by atoms with E-state index in [1.807, 2.05) is 12.2 Å². The second-order valence-corrected chi connectivity index (χ2v) is 9.73. The summed E-state index contributed by atoms with van der Waals surface area (Å²) in [5.41, 5.74) is 6.51. The van der Waals surface area contributed by atoms with E-state index in [4.69, 9.17) is 5.11 Å². The maximum Gasteiger partial charge on any atom is 0.328 e. The molecule has 0 fully saturated rings. The Labute approximate surface area is 166 Å². The summed E-state index contributed by atoms with van der Waals surface area (Å²) in [6.07, 6.45) is 7.53. The quantitative estimate of drug-likeness (QED) is 0.467. The highest BCUT2D eigenvalue weighted by molar-refractivity contribution is 7.11. The lowest BCUT2D eigenvalue weighted by Crippen LogP contribution is -2.33. The van der Waals surface area contributed by atoms with Crippen molar-refractivity contribution >= 4 is 23.4 Å². The standard InChI is InChI=1S/C24H28O2S/c1-16(14-22(25)26)6-9-21-18(10-13-27-21)17-7-8-19-20(15-17)24(4,5)12-11-23(19,2)3/h6-10,13-15H,11-12H2,1-5H3,(H,25,26). The van der Waals surface area contributed by atoms with E-state index in [0.29, 0.717) is 0 Å². The number of fused-ring (bicyclic) bond motifs is 1. The fourth-order valence-electron chi connectivity index (χ4n) is 3.89. The predicted molar refractivity (Wildman–Crippen MR) is 115 cm³/mol. The Morgan fingerprint density at radius 1 is 1.07 bits per heavy atom. The topological polar surface area (TPSA) is 37.3 Å². The monoisotopic (exact) mass is 380 g/mol. The molecule has 0 aliphatic heterocycles. The van der Waals surface area contributed by atoms with Gasteiger partial charge in [-0.2, -0.15) is 0 Å². The Hall–Kier alpha value is -2.13. The van der Waals surface area contributed by atoms with Crippen LogP contribution >= 0.6 is 11.3 Å². The largest absolute Gasteiger partial charge is 0.478 e. The number of carboxylic acid groups (broad SMARTS) is 1. The molecule has 0 radical (unpaired) electrons. The van der Waals surface area contributed by atoms with Crippen molar-refractivity contribution in [1.82, 2.24) is 0 Å². The van der Waals surface area contributed by atoms with Gasteiger partial charge in [0.2, 0.25) is 0 Å². The Morgan fingerprint density at radius 2 is 1.74 bits per heavy atom. The lowest BCUT2D eigenvalue weighted by atomic mass is 9.63. The van der Waals surface area contributed by atoms with Gasteiger partial charge in [0.25, 0.3) is 0 Å². The van der Waals surface area contributed by atoms with Gasteiger partial charge in [0, 0.05) is 11.0 Å². The number of benzene rings is 1. The van der Waals surface area contributed by atoms with Crippen LogP contribution in [0.25, 0.3) is 17.2 Å². The van der Waals surface area contributed by atoms with E-state index in [1.165, 1.54) is 41.2 Å². The summed E-state index contributed by atoms with van der Waals surface area (Å²) in [7, 11) is 0. The van der Waals surface area contributed by atoms with Crippen molar-refractivity contribution in [2.24, 2.45) is 0 Å². The summed E-state index contributed by atoms with van der Waals surface area (Å²) in [4.78, 5) is 12.0. The maximum absolute atomic E-state index is 10.8. The van der Waals surface area contributed by atoms with Crippen LogP contribution in [0.2, 0.25) is 0 Å². The number of hydrogen-bond acceptors (Lipinski definition) is 2. The Balaban J connectivity index is 2.02. The Bertz CT molecular complexity index is 926. The summed E-state index contributed by atoms with van der Waals surface area (Å²) in [5.74, 6) is -0.914. The minimum atomic E-state index is -0.914. The molecule has 0 amide bonds. The molecule has 1 aliphatic rings. The molecule has 0 saturated heterocycles. The third kappa shape index (κ3) is 4.08. The first-order valence-corrected chi connectivity index (χ1v) is 10.3. The van der Waals surface area contributed by atoms with E-state index in [-0.39, 0.29) is 10.8 Å². The molecule has 142 valence electrons. The van der Waals surface area contributed by atoms with Crippen LogP contribution in [-0.2, 0) is 15.6 Å². The van der Waals surface area contributed by atoms with Crippen molar-refractivity contribution in [3.8, 4) is 11.1 Å². The second-order valence-electron chi connectivity index (χ2n) is 8.79. The van der Waals surface area contributed by atoms with Crippen LogP contribution in [0.4, 0.5) is 0 Å². The molecule has 1 aliphatic carbocycles. The van der Waals surface area contributed by atoms with Gasteiger partial charge in [-0.25, -0.2) is 4.79 Å². The fraction of sp³-hybridized carbons (Fsp3) is 0.375. The highest BCUT2D eigenvalue weighted by Gasteiger charge is 2.37. The smallest absolute Gasteiger partial charge is 0.328 e. The van der Waals surface area contributed by atoms with Crippen molar-refractivity contribution in [2.75, 3.05) is 0 Å². The first-order chi connectivity index (χ1) is 12.6. The van der Waals surface area contributed by atoms with Gasteiger partial charge in [0.05, 0.1) is 0 Å². The molecule has 0 bridgehead atoms. The number of allylic oxidation sites excluding steroid dienone is 2. The van der Waals surface area contributed by atoms with Crippen molar-refractivity contribution in [1.29, 1.82) is 0 Å². The minimum absolute atomic E-state index is 0.188. The maximum atomic E-state index is 10.8. The normalized spacial score (nSPS) is 18.5. The van der Waals surface area contributed by atoms with Crippen LogP contribution in [0, 0.1) is 0 Å². The first-order valence-electron chi connectivity index (χ1n) is 9.42. The molecule has 0 spiro atoms.